The van der Waals surface area contributed by atoms with Crippen LogP contribution in [0.2, 0.25) is 0 Å². The molecular formula is C24H20N2O2. The number of hydrogen-bond donors (Lipinski definition) is 1. The van der Waals surface area contributed by atoms with Crippen molar-refractivity contribution in [3.05, 3.63) is 90.5 Å². The summed E-state index contributed by atoms with van der Waals surface area (Å²) in [5.74, 6) is 0.441. The first-order valence-corrected chi connectivity index (χ1v) is 9.13. The Morgan fingerprint density at radius 1 is 0.929 bits per heavy atom. The van der Waals surface area contributed by atoms with E-state index in [1.165, 1.54) is 0 Å². The fourth-order valence-corrected chi connectivity index (χ4v) is 3.08. The minimum Gasteiger partial charge on any atom is -0.483 e. The second-order valence-corrected chi connectivity index (χ2v) is 6.60. The molecule has 28 heavy (non-hydrogen) atoms. The molecule has 4 heteroatoms. The summed E-state index contributed by atoms with van der Waals surface area (Å²) in [5, 5.41) is 3.75. The molecule has 4 nitrogen and oxygen atoms in total. The summed E-state index contributed by atoms with van der Waals surface area (Å²) in [6.07, 6.45) is 0. The molecule has 0 aliphatic heterocycles. The maximum Gasteiger partial charge on any atom is 0.262 e. The summed E-state index contributed by atoms with van der Waals surface area (Å²) < 4.78 is 5.89. The van der Waals surface area contributed by atoms with Gasteiger partial charge in [-0.1, -0.05) is 54.6 Å². The highest BCUT2D eigenvalue weighted by molar-refractivity contribution is 5.93. The van der Waals surface area contributed by atoms with Crippen molar-refractivity contribution in [3.8, 4) is 17.0 Å². The number of aryl methyl sites for hydroxylation is 1. The average Bonchev–Trinajstić information content (AvgIpc) is 2.72. The summed E-state index contributed by atoms with van der Waals surface area (Å²) in [6, 6.07) is 27.3. The quantitative estimate of drug-likeness (QED) is 0.525. The van der Waals surface area contributed by atoms with E-state index in [-0.39, 0.29) is 12.5 Å². The van der Waals surface area contributed by atoms with Crippen LogP contribution in [0.4, 0.5) is 5.69 Å². The van der Waals surface area contributed by atoms with Crippen molar-refractivity contribution in [2.75, 3.05) is 11.9 Å². The zero-order valence-electron chi connectivity index (χ0n) is 15.6. The number of pyridine rings is 1. The number of carbonyl (C=O) groups is 1. The van der Waals surface area contributed by atoms with Crippen LogP contribution in [0, 0.1) is 6.92 Å². The molecule has 1 amide bonds. The first-order valence-electron chi connectivity index (χ1n) is 9.13. The second-order valence-electron chi connectivity index (χ2n) is 6.60. The summed E-state index contributed by atoms with van der Waals surface area (Å²) in [6.45, 7) is 1.91. The van der Waals surface area contributed by atoms with E-state index < -0.39 is 0 Å². The molecule has 138 valence electrons. The average molecular weight is 368 g/mol. The molecule has 3 aromatic carbocycles. The van der Waals surface area contributed by atoms with E-state index in [4.69, 9.17) is 9.72 Å². The van der Waals surface area contributed by atoms with Crippen molar-refractivity contribution in [1.82, 2.24) is 4.98 Å². The largest absolute Gasteiger partial charge is 0.483 e. The highest BCUT2D eigenvalue weighted by Crippen LogP contribution is 2.30. The minimum atomic E-state index is -0.201. The molecule has 0 atom stereocenters. The predicted octanol–water partition coefficient (Wildman–Crippen LogP) is 5.23. The first kappa shape index (κ1) is 17.7. The van der Waals surface area contributed by atoms with Gasteiger partial charge in [0.1, 0.15) is 5.75 Å². The second kappa shape index (κ2) is 7.92. The van der Waals surface area contributed by atoms with E-state index in [2.05, 4.69) is 5.32 Å². The SMILES string of the molecule is Cc1cccc(NC(=O)COc2cc(-c3ccccc3)nc3ccccc23)c1. The van der Waals surface area contributed by atoms with Crippen LogP contribution in [0.15, 0.2) is 84.9 Å². The molecule has 4 rings (SSSR count). The molecule has 0 fully saturated rings. The zero-order chi connectivity index (χ0) is 19.3. The molecule has 0 unspecified atom stereocenters. The molecule has 0 saturated carbocycles. The third-order valence-electron chi connectivity index (χ3n) is 4.41. The van der Waals surface area contributed by atoms with Gasteiger partial charge in [-0.3, -0.25) is 4.79 Å². The third kappa shape index (κ3) is 4.01. The molecule has 0 bridgehead atoms. The van der Waals surface area contributed by atoms with Gasteiger partial charge in [-0.15, -0.1) is 0 Å². The van der Waals surface area contributed by atoms with Gasteiger partial charge in [0.2, 0.25) is 0 Å². The summed E-state index contributed by atoms with van der Waals surface area (Å²) in [5.41, 5.74) is 4.50. The molecule has 0 spiro atoms. The van der Waals surface area contributed by atoms with E-state index >= 15 is 0 Å². The number of hydrogen-bond acceptors (Lipinski definition) is 3. The number of ether oxygens (including phenoxy) is 1. The van der Waals surface area contributed by atoms with Gasteiger partial charge in [0.05, 0.1) is 11.2 Å². The molecule has 1 aromatic heterocycles. The summed E-state index contributed by atoms with van der Waals surface area (Å²) in [4.78, 5) is 17.1. The third-order valence-corrected chi connectivity index (χ3v) is 4.41. The number of rotatable bonds is 5. The number of fused-ring (bicyclic) bond motifs is 1. The van der Waals surface area contributed by atoms with Crippen LogP contribution in [0.25, 0.3) is 22.2 Å². The van der Waals surface area contributed by atoms with Gasteiger partial charge < -0.3 is 10.1 Å². The maximum atomic E-state index is 12.3. The molecular weight excluding hydrogens is 348 g/mol. The van der Waals surface area contributed by atoms with Gasteiger partial charge in [-0.25, -0.2) is 4.98 Å². The Kier molecular flexibility index (Phi) is 5.02. The van der Waals surface area contributed by atoms with E-state index in [1.807, 2.05) is 91.9 Å². The lowest BCUT2D eigenvalue weighted by Crippen LogP contribution is -2.20. The Bertz CT molecular complexity index is 1120. The maximum absolute atomic E-state index is 12.3. The molecule has 0 radical (unpaired) electrons. The highest BCUT2D eigenvalue weighted by atomic mass is 16.5. The molecule has 1 heterocycles. The van der Waals surface area contributed by atoms with Crippen LogP contribution in [0.5, 0.6) is 5.75 Å². The molecule has 0 aliphatic carbocycles. The lowest BCUT2D eigenvalue weighted by Gasteiger charge is -2.12. The molecule has 0 aliphatic rings. The number of para-hydroxylation sites is 1. The molecule has 1 N–H and O–H groups in total. The van der Waals surface area contributed by atoms with Crippen molar-refractivity contribution in [3.63, 3.8) is 0 Å². The van der Waals surface area contributed by atoms with Gasteiger partial charge in [-0.05, 0) is 36.8 Å². The number of amides is 1. The number of nitrogens with zero attached hydrogens (tertiary/aromatic N) is 1. The molecule has 0 saturated heterocycles. The Labute approximate surface area is 163 Å². The lowest BCUT2D eigenvalue weighted by molar-refractivity contribution is -0.118. The van der Waals surface area contributed by atoms with Gasteiger partial charge in [-0.2, -0.15) is 0 Å². The van der Waals surface area contributed by atoms with E-state index in [0.717, 1.165) is 33.4 Å². The van der Waals surface area contributed by atoms with E-state index in [0.29, 0.717) is 5.75 Å². The van der Waals surface area contributed by atoms with Crippen LogP contribution in [0.1, 0.15) is 5.56 Å². The van der Waals surface area contributed by atoms with Crippen LogP contribution in [-0.2, 0) is 4.79 Å². The fraction of sp³-hybridized carbons (Fsp3) is 0.0833. The van der Waals surface area contributed by atoms with Gasteiger partial charge in [0.15, 0.2) is 6.61 Å². The van der Waals surface area contributed by atoms with Gasteiger partial charge in [0, 0.05) is 22.7 Å². The van der Waals surface area contributed by atoms with Crippen molar-refractivity contribution in [1.29, 1.82) is 0 Å². The van der Waals surface area contributed by atoms with Crippen LogP contribution < -0.4 is 10.1 Å². The Morgan fingerprint density at radius 2 is 1.71 bits per heavy atom. The van der Waals surface area contributed by atoms with Crippen molar-refractivity contribution in [2.45, 2.75) is 6.92 Å². The Hall–Kier alpha value is -3.66. The number of anilines is 1. The zero-order valence-corrected chi connectivity index (χ0v) is 15.6. The van der Waals surface area contributed by atoms with Crippen LogP contribution in [-0.4, -0.2) is 17.5 Å². The fourth-order valence-electron chi connectivity index (χ4n) is 3.08. The molecule has 4 aromatic rings. The number of nitrogens with one attached hydrogen (secondary N) is 1. The first-order chi connectivity index (χ1) is 13.7. The van der Waals surface area contributed by atoms with Gasteiger partial charge >= 0.3 is 0 Å². The van der Waals surface area contributed by atoms with Crippen molar-refractivity contribution < 1.29 is 9.53 Å². The predicted molar refractivity (Wildman–Crippen MR) is 112 cm³/mol. The highest BCUT2D eigenvalue weighted by Gasteiger charge is 2.10. The van der Waals surface area contributed by atoms with Crippen molar-refractivity contribution >= 4 is 22.5 Å². The Balaban J connectivity index is 1.58. The van der Waals surface area contributed by atoms with E-state index in [9.17, 15) is 4.79 Å². The summed E-state index contributed by atoms with van der Waals surface area (Å²) in [7, 11) is 0. The summed E-state index contributed by atoms with van der Waals surface area (Å²) >= 11 is 0. The van der Waals surface area contributed by atoms with Crippen LogP contribution >= 0.6 is 0 Å². The normalized spacial score (nSPS) is 10.6. The number of carbonyl (C=O) groups excluding carboxylic acids is 1. The van der Waals surface area contributed by atoms with Gasteiger partial charge in [0.25, 0.3) is 5.91 Å². The smallest absolute Gasteiger partial charge is 0.262 e. The number of aromatic nitrogens is 1. The van der Waals surface area contributed by atoms with E-state index in [1.54, 1.807) is 0 Å². The minimum absolute atomic E-state index is 0.0732. The lowest BCUT2D eigenvalue weighted by atomic mass is 10.1. The Morgan fingerprint density at radius 3 is 2.54 bits per heavy atom. The van der Waals surface area contributed by atoms with Crippen molar-refractivity contribution in [2.24, 2.45) is 0 Å². The van der Waals surface area contributed by atoms with Crippen LogP contribution in [0.3, 0.4) is 0 Å². The topological polar surface area (TPSA) is 51.2 Å². The number of benzene rings is 3. The monoisotopic (exact) mass is 368 g/mol. The standard InChI is InChI=1S/C24H20N2O2/c1-17-8-7-11-19(14-17)25-24(27)16-28-23-15-22(18-9-3-2-4-10-18)26-21-13-6-5-12-20(21)23/h2-15H,16H2,1H3,(H,25,27).